The Labute approximate surface area is 119 Å². The fourth-order valence-electron chi connectivity index (χ4n) is 1.64. The number of halogens is 2. The number of hydrogen-bond donors (Lipinski definition) is 0. The molecule has 2 aromatic carbocycles. The zero-order chi connectivity index (χ0) is 14.7. The Morgan fingerprint density at radius 3 is 2.50 bits per heavy atom. The van der Waals surface area contributed by atoms with E-state index in [-0.39, 0.29) is 10.7 Å². The standard InChI is InChI=1S/C15H9F2NOS/c1-9(19)12-4-2-10(8-18)6-15(12)20-14-5-3-11(16)7-13(14)17/h2-7H,1H3. The molecule has 2 rings (SSSR count). The largest absolute Gasteiger partial charge is 0.294 e. The van der Waals surface area contributed by atoms with Gasteiger partial charge in [-0.05, 0) is 37.3 Å². The van der Waals surface area contributed by atoms with Gasteiger partial charge in [0.05, 0.1) is 11.6 Å². The average molecular weight is 289 g/mol. The summed E-state index contributed by atoms with van der Waals surface area (Å²) in [5.74, 6) is -1.55. The molecule has 0 aromatic heterocycles. The van der Waals surface area contributed by atoms with Crippen LogP contribution in [-0.2, 0) is 0 Å². The van der Waals surface area contributed by atoms with Crippen LogP contribution in [0.15, 0.2) is 46.2 Å². The van der Waals surface area contributed by atoms with Gasteiger partial charge in [-0.15, -0.1) is 0 Å². The van der Waals surface area contributed by atoms with Gasteiger partial charge in [-0.25, -0.2) is 8.78 Å². The summed E-state index contributed by atoms with van der Waals surface area (Å²) in [5, 5.41) is 8.88. The first-order valence-electron chi connectivity index (χ1n) is 5.69. The number of ketones is 1. The van der Waals surface area contributed by atoms with Gasteiger partial charge in [0.2, 0.25) is 0 Å². The first kappa shape index (κ1) is 14.2. The van der Waals surface area contributed by atoms with Crippen molar-refractivity contribution in [2.24, 2.45) is 0 Å². The minimum Gasteiger partial charge on any atom is -0.294 e. The van der Waals surface area contributed by atoms with Crippen LogP contribution in [0, 0.1) is 23.0 Å². The van der Waals surface area contributed by atoms with Gasteiger partial charge in [0.15, 0.2) is 5.78 Å². The van der Waals surface area contributed by atoms with Crippen molar-refractivity contribution >= 4 is 17.5 Å². The number of nitrogens with zero attached hydrogens (tertiary/aromatic N) is 1. The van der Waals surface area contributed by atoms with E-state index in [1.807, 2.05) is 6.07 Å². The van der Waals surface area contributed by atoms with Gasteiger partial charge >= 0.3 is 0 Å². The molecule has 20 heavy (non-hydrogen) atoms. The Morgan fingerprint density at radius 2 is 1.90 bits per heavy atom. The third-order valence-electron chi connectivity index (χ3n) is 2.60. The summed E-state index contributed by atoms with van der Waals surface area (Å²) in [6.45, 7) is 1.40. The molecule has 0 bridgehead atoms. The lowest BCUT2D eigenvalue weighted by Gasteiger charge is -2.08. The van der Waals surface area contributed by atoms with E-state index in [0.29, 0.717) is 16.0 Å². The van der Waals surface area contributed by atoms with Crippen LogP contribution >= 0.6 is 11.8 Å². The van der Waals surface area contributed by atoms with Crippen LogP contribution in [0.5, 0.6) is 0 Å². The summed E-state index contributed by atoms with van der Waals surface area (Å²) < 4.78 is 26.5. The second kappa shape index (κ2) is 5.85. The van der Waals surface area contributed by atoms with E-state index in [1.54, 1.807) is 0 Å². The highest BCUT2D eigenvalue weighted by molar-refractivity contribution is 7.99. The molecule has 0 spiro atoms. The Hall–Kier alpha value is -2.19. The molecule has 0 heterocycles. The molecule has 0 atom stereocenters. The predicted octanol–water partition coefficient (Wildman–Crippen LogP) is 4.19. The van der Waals surface area contributed by atoms with Crippen LogP contribution in [0.1, 0.15) is 22.8 Å². The smallest absolute Gasteiger partial charge is 0.160 e. The molecule has 0 amide bonds. The number of carbonyl (C=O) groups excluding carboxylic acids is 1. The molecule has 0 saturated carbocycles. The van der Waals surface area contributed by atoms with Crippen LogP contribution in [0.3, 0.4) is 0 Å². The van der Waals surface area contributed by atoms with E-state index >= 15 is 0 Å². The summed E-state index contributed by atoms with van der Waals surface area (Å²) in [6, 6.07) is 9.78. The molecule has 2 aromatic rings. The summed E-state index contributed by atoms with van der Waals surface area (Å²) >= 11 is 0.994. The molecule has 100 valence electrons. The third-order valence-corrected chi connectivity index (χ3v) is 3.71. The molecule has 2 nitrogen and oxygen atoms in total. The monoisotopic (exact) mass is 289 g/mol. The van der Waals surface area contributed by atoms with Crippen molar-refractivity contribution < 1.29 is 13.6 Å². The maximum atomic E-state index is 13.6. The van der Waals surface area contributed by atoms with Gasteiger partial charge in [-0.1, -0.05) is 11.8 Å². The fourth-order valence-corrected chi connectivity index (χ4v) is 2.68. The number of benzene rings is 2. The molecule has 0 aliphatic heterocycles. The van der Waals surface area contributed by atoms with Gasteiger partial charge in [0.25, 0.3) is 0 Å². The number of hydrogen-bond acceptors (Lipinski definition) is 3. The Kier molecular flexibility index (Phi) is 4.16. The molecule has 0 unspecified atom stereocenters. The minimum absolute atomic E-state index is 0.181. The van der Waals surface area contributed by atoms with Crippen molar-refractivity contribution in [2.45, 2.75) is 16.7 Å². The SMILES string of the molecule is CC(=O)c1ccc(C#N)cc1Sc1ccc(F)cc1F. The van der Waals surface area contributed by atoms with Gasteiger partial charge in [-0.2, -0.15) is 5.26 Å². The van der Waals surface area contributed by atoms with Crippen LogP contribution in [0.2, 0.25) is 0 Å². The molecule has 0 radical (unpaired) electrons. The third kappa shape index (κ3) is 3.03. The van der Waals surface area contributed by atoms with Crippen molar-refractivity contribution in [3.63, 3.8) is 0 Å². The molecular formula is C15H9F2NOS. The molecule has 0 aliphatic rings. The van der Waals surface area contributed by atoms with Crippen molar-refractivity contribution in [3.05, 3.63) is 59.2 Å². The van der Waals surface area contributed by atoms with Gasteiger partial charge in [0, 0.05) is 21.4 Å². The summed E-state index contributed by atoms with van der Waals surface area (Å²) in [4.78, 5) is 12.2. The quantitative estimate of drug-likeness (QED) is 0.795. The highest BCUT2D eigenvalue weighted by Gasteiger charge is 2.12. The van der Waals surface area contributed by atoms with Crippen molar-refractivity contribution in [1.82, 2.24) is 0 Å². The molecule has 5 heteroatoms. The molecule has 0 saturated heterocycles. The van der Waals surface area contributed by atoms with E-state index in [9.17, 15) is 13.6 Å². The highest BCUT2D eigenvalue weighted by Crippen LogP contribution is 2.33. The number of carbonyl (C=O) groups is 1. The van der Waals surface area contributed by atoms with Gasteiger partial charge in [0.1, 0.15) is 11.6 Å². The Bertz CT molecular complexity index is 722. The lowest BCUT2D eigenvalue weighted by molar-refractivity contribution is 0.101. The second-order valence-corrected chi connectivity index (χ2v) is 5.14. The van der Waals surface area contributed by atoms with Crippen molar-refractivity contribution in [3.8, 4) is 6.07 Å². The van der Waals surface area contributed by atoms with E-state index in [0.717, 1.165) is 23.9 Å². The highest BCUT2D eigenvalue weighted by atomic mass is 32.2. The summed E-state index contributed by atoms with van der Waals surface area (Å²) in [7, 11) is 0. The molecule has 0 N–H and O–H groups in total. The first-order valence-corrected chi connectivity index (χ1v) is 6.51. The maximum absolute atomic E-state index is 13.6. The fraction of sp³-hybridized carbons (Fsp3) is 0.0667. The normalized spacial score (nSPS) is 10.1. The van der Waals surface area contributed by atoms with E-state index in [2.05, 4.69) is 0 Å². The van der Waals surface area contributed by atoms with Crippen LogP contribution < -0.4 is 0 Å². The average Bonchev–Trinajstić information content (AvgIpc) is 2.41. The lowest BCUT2D eigenvalue weighted by Crippen LogP contribution is -1.96. The lowest BCUT2D eigenvalue weighted by atomic mass is 10.1. The van der Waals surface area contributed by atoms with Gasteiger partial charge < -0.3 is 0 Å². The zero-order valence-corrected chi connectivity index (χ0v) is 11.3. The molecule has 0 aliphatic carbocycles. The van der Waals surface area contributed by atoms with Crippen molar-refractivity contribution in [1.29, 1.82) is 5.26 Å². The summed E-state index contributed by atoms with van der Waals surface area (Å²) in [6.07, 6.45) is 0. The Balaban J connectivity index is 2.46. The molecular weight excluding hydrogens is 280 g/mol. The molecule has 0 fully saturated rings. The second-order valence-electron chi connectivity index (χ2n) is 4.06. The van der Waals surface area contributed by atoms with Gasteiger partial charge in [-0.3, -0.25) is 4.79 Å². The summed E-state index contributed by atoms with van der Waals surface area (Å²) in [5.41, 5.74) is 0.776. The van der Waals surface area contributed by atoms with Crippen molar-refractivity contribution in [2.75, 3.05) is 0 Å². The van der Waals surface area contributed by atoms with Crippen LogP contribution in [0.4, 0.5) is 8.78 Å². The first-order chi connectivity index (χ1) is 9.51. The zero-order valence-electron chi connectivity index (χ0n) is 10.5. The maximum Gasteiger partial charge on any atom is 0.160 e. The van der Waals surface area contributed by atoms with E-state index < -0.39 is 11.6 Å². The van der Waals surface area contributed by atoms with Crippen LogP contribution in [-0.4, -0.2) is 5.78 Å². The predicted molar refractivity (Wildman–Crippen MR) is 71.6 cm³/mol. The van der Waals surface area contributed by atoms with E-state index in [4.69, 9.17) is 5.26 Å². The minimum atomic E-state index is -0.702. The number of Topliss-reactive ketones (excluding diaryl/α,β-unsaturated/α-hetero) is 1. The van der Waals surface area contributed by atoms with Crippen LogP contribution in [0.25, 0.3) is 0 Å². The topological polar surface area (TPSA) is 40.9 Å². The number of rotatable bonds is 3. The Morgan fingerprint density at radius 1 is 1.15 bits per heavy atom. The van der Waals surface area contributed by atoms with E-state index in [1.165, 1.54) is 31.2 Å². The number of nitriles is 1.